The van der Waals surface area contributed by atoms with E-state index in [1.807, 2.05) is 20.8 Å². The lowest BCUT2D eigenvalue weighted by molar-refractivity contribution is 0.653. The molecule has 0 amide bonds. The van der Waals surface area contributed by atoms with Gasteiger partial charge in [-0.3, -0.25) is 0 Å². The summed E-state index contributed by atoms with van der Waals surface area (Å²) in [7, 11) is 0. The Morgan fingerprint density at radius 2 is 1.73 bits per heavy atom. The Balaban J connectivity index is 0. The van der Waals surface area contributed by atoms with Gasteiger partial charge in [-0.25, -0.2) is 4.39 Å². The lowest BCUT2D eigenvalue weighted by atomic mass is 10.2. The van der Waals surface area contributed by atoms with Crippen LogP contribution in [0.25, 0.3) is 0 Å². The van der Waals surface area contributed by atoms with Gasteiger partial charge in [0, 0.05) is 0 Å². The van der Waals surface area contributed by atoms with Gasteiger partial charge in [0.05, 0.1) is 0 Å². The van der Waals surface area contributed by atoms with Crippen molar-refractivity contribution in [2.24, 2.45) is 0 Å². The molecular formula is C10H17F. The van der Waals surface area contributed by atoms with Gasteiger partial charge < -0.3 is 0 Å². The first-order valence-corrected chi connectivity index (χ1v) is 3.89. The molecule has 0 fully saturated rings. The molecule has 0 saturated heterocycles. The standard InChI is InChI=1S/C8H11F.C2H6/c1-4-7(5-2)8(9)6-3;1-2/h4,6H,1,3,5H2,2H3;1-2H3/b8-7-;. The zero-order valence-electron chi connectivity index (χ0n) is 7.65. The summed E-state index contributed by atoms with van der Waals surface area (Å²) in [6, 6.07) is 0. The van der Waals surface area contributed by atoms with Gasteiger partial charge in [0.15, 0.2) is 0 Å². The van der Waals surface area contributed by atoms with E-state index < -0.39 is 0 Å². The van der Waals surface area contributed by atoms with E-state index in [2.05, 4.69) is 13.2 Å². The summed E-state index contributed by atoms with van der Waals surface area (Å²) in [5.74, 6) is -0.271. The van der Waals surface area contributed by atoms with E-state index in [0.29, 0.717) is 12.0 Å². The van der Waals surface area contributed by atoms with E-state index >= 15 is 0 Å². The molecule has 64 valence electrons. The molecule has 0 aromatic rings. The summed E-state index contributed by atoms with van der Waals surface area (Å²) in [4.78, 5) is 0. The van der Waals surface area contributed by atoms with Crippen LogP contribution in [0, 0.1) is 0 Å². The maximum absolute atomic E-state index is 12.5. The van der Waals surface area contributed by atoms with Crippen LogP contribution in [0.4, 0.5) is 4.39 Å². The van der Waals surface area contributed by atoms with Gasteiger partial charge >= 0.3 is 0 Å². The minimum Gasteiger partial charge on any atom is -0.207 e. The quantitative estimate of drug-likeness (QED) is 0.541. The van der Waals surface area contributed by atoms with Crippen LogP contribution >= 0.6 is 0 Å². The van der Waals surface area contributed by atoms with Gasteiger partial charge in [0.1, 0.15) is 5.83 Å². The Labute approximate surface area is 69.1 Å². The van der Waals surface area contributed by atoms with Crippen molar-refractivity contribution < 1.29 is 4.39 Å². The predicted octanol–water partition coefficient (Wildman–Crippen LogP) is 4.02. The van der Waals surface area contributed by atoms with E-state index in [4.69, 9.17) is 0 Å². The average Bonchev–Trinajstić information content (AvgIpc) is 2.10. The first kappa shape index (κ1) is 12.8. The fraction of sp³-hybridized carbons (Fsp3) is 0.400. The van der Waals surface area contributed by atoms with Gasteiger partial charge in [0.25, 0.3) is 0 Å². The fourth-order valence-electron chi connectivity index (χ4n) is 0.542. The van der Waals surface area contributed by atoms with Crippen molar-refractivity contribution in [2.75, 3.05) is 0 Å². The minimum atomic E-state index is -0.271. The second-order valence-corrected chi connectivity index (χ2v) is 1.63. The molecule has 0 saturated carbocycles. The molecule has 0 bridgehead atoms. The predicted molar refractivity (Wildman–Crippen MR) is 50.2 cm³/mol. The molecule has 0 atom stereocenters. The maximum Gasteiger partial charge on any atom is 0.125 e. The SMILES string of the molecule is C=C/C(F)=C(\C=C)CC.CC. The number of halogens is 1. The van der Waals surface area contributed by atoms with Crippen LogP contribution in [-0.4, -0.2) is 0 Å². The highest BCUT2D eigenvalue weighted by Crippen LogP contribution is 2.10. The summed E-state index contributed by atoms with van der Waals surface area (Å²) in [6.07, 6.45) is 3.37. The molecule has 0 aliphatic rings. The number of allylic oxidation sites excluding steroid dienone is 4. The molecule has 0 rings (SSSR count). The van der Waals surface area contributed by atoms with Crippen molar-refractivity contribution in [3.05, 3.63) is 36.7 Å². The zero-order chi connectivity index (χ0) is 9.28. The summed E-state index contributed by atoms with van der Waals surface area (Å²) in [6.45, 7) is 12.6. The maximum atomic E-state index is 12.5. The molecule has 0 aromatic carbocycles. The third-order valence-corrected chi connectivity index (χ3v) is 1.11. The smallest absolute Gasteiger partial charge is 0.125 e. The molecule has 0 aliphatic carbocycles. The summed E-state index contributed by atoms with van der Waals surface area (Å²) in [5, 5.41) is 0. The molecule has 0 N–H and O–H groups in total. The number of hydrogen-bond donors (Lipinski definition) is 0. The first-order valence-electron chi connectivity index (χ1n) is 3.89. The van der Waals surface area contributed by atoms with Gasteiger partial charge in [-0.05, 0) is 18.1 Å². The van der Waals surface area contributed by atoms with E-state index in [-0.39, 0.29) is 5.83 Å². The molecule has 0 nitrogen and oxygen atoms in total. The Hall–Kier alpha value is -0.850. The van der Waals surface area contributed by atoms with E-state index in [1.54, 1.807) is 0 Å². The zero-order valence-corrected chi connectivity index (χ0v) is 7.65. The highest BCUT2D eigenvalue weighted by atomic mass is 19.1. The average molecular weight is 156 g/mol. The highest BCUT2D eigenvalue weighted by molar-refractivity contribution is 5.25. The molecule has 0 unspecified atom stereocenters. The Kier molecular flexibility index (Phi) is 10.6. The highest BCUT2D eigenvalue weighted by Gasteiger charge is 1.93. The van der Waals surface area contributed by atoms with Crippen LogP contribution < -0.4 is 0 Å². The molecule has 0 aromatic heterocycles. The van der Waals surface area contributed by atoms with E-state index in [0.717, 1.165) is 0 Å². The van der Waals surface area contributed by atoms with Crippen LogP contribution in [0.2, 0.25) is 0 Å². The van der Waals surface area contributed by atoms with Crippen LogP contribution in [0.1, 0.15) is 27.2 Å². The van der Waals surface area contributed by atoms with Crippen molar-refractivity contribution in [1.82, 2.24) is 0 Å². The number of rotatable bonds is 3. The van der Waals surface area contributed by atoms with Crippen molar-refractivity contribution >= 4 is 0 Å². The van der Waals surface area contributed by atoms with Gasteiger partial charge in [-0.2, -0.15) is 0 Å². The normalized spacial score (nSPS) is 10.5. The van der Waals surface area contributed by atoms with Crippen LogP contribution in [-0.2, 0) is 0 Å². The summed E-state index contributed by atoms with van der Waals surface area (Å²) < 4.78 is 12.5. The van der Waals surface area contributed by atoms with Crippen molar-refractivity contribution in [2.45, 2.75) is 27.2 Å². The molecule has 0 aliphatic heterocycles. The fourth-order valence-corrected chi connectivity index (χ4v) is 0.542. The molecule has 0 spiro atoms. The second kappa shape index (κ2) is 9.15. The third-order valence-electron chi connectivity index (χ3n) is 1.11. The van der Waals surface area contributed by atoms with E-state index in [9.17, 15) is 4.39 Å². The minimum absolute atomic E-state index is 0.271. The third kappa shape index (κ3) is 5.59. The monoisotopic (exact) mass is 156 g/mol. The second-order valence-electron chi connectivity index (χ2n) is 1.63. The summed E-state index contributed by atoms with van der Waals surface area (Å²) in [5.41, 5.74) is 0.616. The van der Waals surface area contributed by atoms with E-state index in [1.165, 1.54) is 12.2 Å². The van der Waals surface area contributed by atoms with Gasteiger partial charge in [-0.1, -0.05) is 40.0 Å². The largest absolute Gasteiger partial charge is 0.207 e. The molecule has 0 heterocycles. The lowest BCUT2D eigenvalue weighted by Crippen LogP contribution is -1.76. The Morgan fingerprint density at radius 3 is 1.82 bits per heavy atom. The van der Waals surface area contributed by atoms with Crippen LogP contribution in [0.5, 0.6) is 0 Å². The van der Waals surface area contributed by atoms with Gasteiger partial charge in [-0.15, -0.1) is 0 Å². The van der Waals surface area contributed by atoms with Crippen molar-refractivity contribution in [3.8, 4) is 0 Å². The topological polar surface area (TPSA) is 0 Å². The van der Waals surface area contributed by atoms with Crippen molar-refractivity contribution in [1.29, 1.82) is 0 Å². The van der Waals surface area contributed by atoms with Crippen LogP contribution in [0.15, 0.2) is 36.7 Å². The molecule has 0 radical (unpaired) electrons. The Morgan fingerprint density at radius 1 is 1.27 bits per heavy atom. The van der Waals surface area contributed by atoms with Gasteiger partial charge in [0.2, 0.25) is 0 Å². The molecule has 11 heavy (non-hydrogen) atoms. The molecular weight excluding hydrogens is 139 g/mol. The summed E-state index contributed by atoms with van der Waals surface area (Å²) >= 11 is 0. The first-order chi connectivity index (χ1) is 5.26. The van der Waals surface area contributed by atoms with Crippen LogP contribution in [0.3, 0.4) is 0 Å². The van der Waals surface area contributed by atoms with Crippen molar-refractivity contribution in [3.63, 3.8) is 0 Å². The molecule has 1 heteroatoms. The number of hydrogen-bond acceptors (Lipinski definition) is 0. The Bertz CT molecular complexity index is 143. The lowest BCUT2D eigenvalue weighted by Gasteiger charge is -1.94.